The largest absolute Gasteiger partial charge is 0.482 e. The van der Waals surface area contributed by atoms with Gasteiger partial charge in [0.05, 0.1) is 6.04 Å². The molecule has 2 aliphatic heterocycles. The lowest BCUT2D eigenvalue weighted by Crippen LogP contribution is -2.31. The minimum absolute atomic E-state index is 0.0679. The van der Waals surface area contributed by atoms with Gasteiger partial charge in [0.1, 0.15) is 17.9 Å². The van der Waals surface area contributed by atoms with E-state index in [1.54, 1.807) is 6.33 Å². The summed E-state index contributed by atoms with van der Waals surface area (Å²) in [7, 11) is 0. The minimum atomic E-state index is -0.137. The molecule has 2 aromatic heterocycles. The molecule has 1 aromatic carbocycles. The van der Waals surface area contributed by atoms with Gasteiger partial charge >= 0.3 is 0 Å². The highest BCUT2D eigenvalue weighted by molar-refractivity contribution is 6.30. The number of hydrogen-bond donors (Lipinski definition) is 1. The fraction of sp³-hybridized carbons (Fsp3) is 0.391. The van der Waals surface area contributed by atoms with Crippen LogP contribution in [0.3, 0.4) is 0 Å². The fourth-order valence-electron chi connectivity index (χ4n) is 4.42. The zero-order chi connectivity index (χ0) is 22.1. The molecule has 0 spiro atoms. The van der Waals surface area contributed by atoms with Crippen LogP contribution in [0.1, 0.15) is 30.5 Å². The maximum absolute atomic E-state index is 6.13. The summed E-state index contributed by atoms with van der Waals surface area (Å²) in [5, 5.41) is 8.79. The van der Waals surface area contributed by atoms with Gasteiger partial charge in [-0.3, -0.25) is 0 Å². The number of nitrogens with one attached hydrogen (secondary N) is 1. The second kappa shape index (κ2) is 8.78. The lowest BCUT2D eigenvalue weighted by molar-refractivity contribution is 0.203. The number of hydrogen-bond acceptors (Lipinski definition) is 7. The predicted octanol–water partition coefficient (Wildman–Crippen LogP) is 4.05. The van der Waals surface area contributed by atoms with Gasteiger partial charge in [0.25, 0.3) is 0 Å². The monoisotopic (exact) mass is 451 g/mol. The Morgan fingerprint density at radius 2 is 2.16 bits per heavy atom. The molecule has 0 saturated carbocycles. The number of anilines is 2. The lowest BCUT2D eigenvalue weighted by atomic mass is 9.99. The minimum Gasteiger partial charge on any atom is -0.482 e. The summed E-state index contributed by atoms with van der Waals surface area (Å²) in [5.41, 5.74) is 0.975. The standard InChI is InChI=1S/C23H26ClN7O/c1-3-19(16-7-9-30(13-16)21-11-15(2)25-14-26-21)27-23-28-22-20(8-10-31(22)29-23)32-18-6-4-5-17(24)12-18/h3-6,11-12,14,16,19-20H,1,7-10,13H2,2H3,(H,27,29)/t16?,19?,20-/m1/s1. The highest BCUT2D eigenvalue weighted by atomic mass is 35.5. The van der Waals surface area contributed by atoms with Gasteiger partial charge in [-0.25, -0.2) is 14.6 Å². The van der Waals surface area contributed by atoms with Gasteiger partial charge in [-0.2, -0.15) is 4.98 Å². The number of benzene rings is 1. The molecule has 0 bridgehead atoms. The summed E-state index contributed by atoms with van der Waals surface area (Å²) in [4.78, 5) is 15.7. The highest BCUT2D eigenvalue weighted by Crippen LogP contribution is 2.32. The van der Waals surface area contributed by atoms with Crippen LogP contribution in [0.2, 0.25) is 5.02 Å². The molecule has 3 aromatic rings. The predicted molar refractivity (Wildman–Crippen MR) is 124 cm³/mol. The molecule has 4 heterocycles. The zero-order valence-electron chi connectivity index (χ0n) is 18.0. The normalized spacial score (nSPS) is 20.8. The van der Waals surface area contributed by atoms with Crippen LogP contribution in [0, 0.1) is 12.8 Å². The van der Waals surface area contributed by atoms with Crippen LogP contribution in [0.15, 0.2) is 49.3 Å². The average Bonchev–Trinajstić information content (AvgIpc) is 3.49. The van der Waals surface area contributed by atoms with E-state index in [0.717, 1.165) is 55.6 Å². The first-order valence-corrected chi connectivity index (χ1v) is 11.3. The zero-order valence-corrected chi connectivity index (χ0v) is 18.7. The van der Waals surface area contributed by atoms with Gasteiger partial charge in [-0.15, -0.1) is 11.7 Å². The molecule has 166 valence electrons. The molecule has 1 N–H and O–H groups in total. The van der Waals surface area contributed by atoms with Crippen LogP contribution in [0.25, 0.3) is 0 Å². The Hall–Kier alpha value is -3.13. The Morgan fingerprint density at radius 3 is 2.97 bits per heavy atom. The third-order valence-electron chi connectivity index (χ3n) is 6.06. The number of rotatable bonds is 7. The summed E-state index contributed by atoms with van der Waals surface area (Å²) < 4.78 is 8.04. The number of aromatic nitrogens is 5. The molecule has 2 unspecified atom stereocenters. The Morgan fingerprint density at radius 1 is 1.25 bits per heavy atom. The molecular weight excluding hydrogens is 426 g/mol. The van der Waals surface area contributed by atoms with E-state index in [1.807, 2.05) is 48.0 Å². The number of halogens is 1. The highest BCUT2D eigenvalue weighted by Gasteiger charge is 2.32. The molecule has 1 fully saturated rings. The summed E-state index contributed by atoms with van der Waals surface area (Å²) in [6.07, 6.45) is 5.32. The van der Waals surface area contributed by atoms with Gasteiger partial charge < -0.3 is 15.0 Å². The molecule has 8 nitrogen and oxygen atoms in total. The summed E-state index contributed by atoms with van der Waals surface area (Å²) in [6.45, 7) is 8.66. The van der Waals surface area contributed by atoms with E-state index in [2.05, 4.69) is 31.9 Å². The molecule has 3 atom stereocenters. The van der Waals surface area contributed by atoms with E-state index >= 15 is 0 Å². The van der Waals surface area contributed by atoms with Crippen molar-refractivity contribution >= 4 is 23.4 Å². The number of aryl methyl sites for hydroxylation is 2. The molecule has 0 radical (unpaired) electrons. The van der Waals surface area contributed by atoms with E-state index in [9.17, 15) is 0 Å². The number of fused-ring (bicyclic) bond motifs is 1. The van der Waals surface area contributed by atoms with Crippen LogP contribution >= 0.6 is 11.6 Å². The quantitative estimate of drug-likeness (QED) is 0.543. The van der Waals surface area contributed by atoms with Crippen molar-refractivity contribution in [1.29, 1.82) is 0 Å². The smallest absolute Gasteiger partial charge is 0.242 e. The summed E-state index contributed by atoms with van der Waals surface area (Å²) in [6, 6.07) is 9.53. The third-order valence-corrected chi connectivity index (χ3v) is 6.30. The first kappa shape index (κ1) is 20.8. The van der Waals surface area contributed by atoms with E-state index in [4.69, 9.17) is 21.3 Å². The Balaban J connectivity index is 1.25. The van der Waals surface area contributed by atoms with Crippen LogP contribution in [0.5, 0.6) is 5.75 Å². The second-order valence-electron chi connectivity index (χ2n) is 8.29. The van der Waals surface area contributed by atoms with Gasteiger partial charge in [0.2, 0.25) is 5.95 Å². The Labute approximate surface area is 192 Å². The average molecular weight is 452 g/mol. The van der Waals surface area contributed by atoms with Crippen molar-refractivity contribution in [2.24, 2.45) is 5.92 Å². The van der Waals surface area contributed by atoms with Crippen molar-refractivity contribution in [3.8, 4) is 5.75 Å². The molecule has 2 aliphatic rings. The van der Waals surface area contributed by atoms with E-state index in [0.29, 0.717) is 16.9 Å². The Kier molecular flexibility index (Phi) is 5.70. The van der Waals surface area contributed by atoms with E-state index < -0.39 is 0 Å². The Bertz CT molecular complexity index is 1120. The SMILES string of the molecule is C=CC(Nc1nc2n(n1)CC[C@H]2Oc1cccc(Cl)c1)C1CCN(c2cc(C)ncn2)C1. The molecule has 9 heteroatoms. The van der Waals surface area contributed by atoms with Gasteiger partial charge in [0, 0.05) is 48.8 Å². The fourth-order valence-corrected chi connectivity index (χ4v) is 4.60. The van der Waals surface area contributed by atoms with Crippen molar-refractivity contribution in [3.63, 3.8) is 0 Å². The first-order valence-electron chi connectivity index (χ1n) is 10.9. The lowest BCUT2D eigenvalue weighted by Gasteiger charge is -2.22. The molecule has 32 heavy (non-hydrogen) atoms. The molecule has 1 saturated heterocycles. The maximum Gasteiger partial charge on any atom is 0.242 e. The molecular formula is C23H26ClN7O. The van der Waals surface area contributed by atoms with Crippen LogP contribution < -0.4 is 15.0 Å². The first-order chi connectivity index (χ1) is 15.6. The van der Waals surface area contributed by atoms with Crippen molar-refractivity contribution in [2.45, 2.75) is 38.5 Å². The van der Waals surface area contributed by atoms with Gasteiger partial charge in [-0.05, 0) is 31.5 Å². The van der Waals surface area contributed by atoms with Gasteiger partial charge in [0.15, 0.2) is 11.9 Å². The summed E-state index contributed by atoms with van der Waals surface area (Å²) in [5.74, 6) is 3.55. The van der Waals surface area contributed by atoms with Crippen molar-refractivity contribution < 1.29 is 4.74 Å². The molecule has 0 aliphatic carbocycles. The third kappa shape index (κ3) is 4.27. The molecule has 0 amide bonds. The van der Waals surface area contributed by atoms with Crippen LogP contribution in [0.4, 0.5) is 11.8 Å². The van der Waals surface area contributed by atoms with Crippen molar-refractivity contribution in [2.75, 3.05) is 23.3 Å². The van der Waals surface area contributed by atoms with E-state index in [-0.39, 0.29) is 12.1 Å². The van der Waals surface area contributed by atoms with Crippen molar-refractivity contribution in [3.05, 3.63) is 65.9 Å². The number of nitrogens with zero attached hydrogens (tertiary/aromatic N) is 6. The topological polar surface area (TPSA) is 81.0 Å². The summed E-state index contributed by atoms with van der Waals surface area (Å²) >= 11 is 6.08. The number of ether oxygens (including phenoxy) is 1. The van der Waals surface area contributed by atoms with Crippen molar-refractivity contribution in [1.82, 2.24) is 24.7 Å². The van der Waals surface area contributed by atoms with Gasteiger partial charge in [-0.1, -0.05) is 23.7 Å². The molecule has 5 rings (SSSR count). The van der Waals surface area contributed by atoms with Crippen LogP contribution in [-0.4, -0.2) is 43.9 Å². The second-order valence-corrected chi connectivity index (χ2v) is 8.72. The van der Waals surface area contributed by atoms with Crippen LogP contribution in [-0.2, 0) is 6.54 Å². The maximum atomic E-state index is 6.13. The van der Waals surface area contributed by atoms with E-state index in [1.165, 1.54) is 0 Å².